The van der Waals surface area contributed by atoms with Crippen LogP contribution in [0, 0.1) is 0 Å². The number of ketones is 1. The Morgan fingerprint density at radius 1 is 1.07 bits per heavy atom. The molecule has 0 fully saturated rings. The molecule has 3 aromatic carbocycles. The maximum absolute atomic E-state index is 13.3. The Kier molecular flexibility index (Phi) is 12.0. The number of nitrogens with zero attached hydrogens (tertiary/aromatic N) is 1. The van der Waals surface area contributed by atoms with Gasteiger partial charge in [0.25, 0.3) is 15.9 Å². The van der Waals surface area contributed by atoms with Crippen LogP contribution < -0.4 is 9.46 Å². The maximum atomic E-state index is 13.3. The van der Waals surface area contributed by atoms with Gasteiger partial charge in [-0.15, -0.1) is 0 Å². The summed E-state index contributed by atoms with van der Waals surface area (Å²) in [6.45, 7) is 5.10. The number of carbonyl (C=O) groups is 3. The predicted octanol–water partition coefficient (Wildman–Crippen LogP) is 5.93. The van der Waals surface area contributed by atoms with Crippen LogP contribution in [-0.2, 0) is 27.8 Å². The zero-order valence-electron chi connectivity index (χ0n) is 25.7. The molecule has 0 saturated heterocycles. The molecule has 0 aliphatic rings. The van der Waals surface area contributed by atoms with Gasteiger partial charge in [-0.05, 0) is 56.0 Å². The molecular weight excluding hydrogens is 636 g/mol. The molecule has 1 unspecified atom stereocenters. The number of benzene rings is 3. The minimum absolute atomic E-state index is 0.0112. The summed E-state index contributed by atoms with van der Waals surface area (Å²) in [5.41, 5.74) is 1.68. The van der Waals surface area contributed by atoms with Crippen molar-refractivity contribution in [3.8, 4) is 17.2 Å². The number of nitrogens with one attached hydrogen (secondary N) is 1. The van der Waals surface area contributed by atoms with Gasteiger partial charge >= 0.3 is 6.09 Å². The average molecular weight is 671 g/mol. The molecule has 0 aliphatic carbocycles. The number of phenols is 2. The summed E-state index contributed by atoms with van der Waals surface area (Å²) >= 11 is 6.20. The highest BCUT2D eigenvalue weighted by molar-refractivity contribution is 7.90. The number of halogens is 1. The predicted molar refractivity (Wildman–Crippen MR) is 174 cm³/mol. The van der Waals surface area contributed by atoms with Crippen molar-refractivity contribution in [3.63, 3.8) is 0 Å². The Labute approximate surface area is 272 Å². The number of rotatable bonds is 13. The Bertz CT molecular complexity index is 1780. The summed E-state index contributed by atoms with van der Waals surface area (Å²) in [4.78, 5) is 38.7. The number of allylic oxidation sites excluding steroid dienone is 3. The summed E-state index contributed by atoms with van der Waals surface area (Å²) in [5, 5.41) is 30.8. The number of carbonyl (C=O) groups excluding carboxylic acids is 2. The Balaban J connectivity index is 1.89. The third kappa shape index (κ3) is 8.67. The normalized spacial score (nSPS) is 11.9. The van der Waals surface area contributed by atoms with Gasteiger partial charge < -0.3 is 20.1 Å². The third-order valence-corrected chi connectivity index (χ3v) is 8.77. The van der Waals surface area contributed by atoms with Crippen molar-refractivity contribution in [2.45, 2.75) is 51.1 Å². The van der Waals surface area contributed by atoms with Crippen molar-refractivity contribution in [3.05, 3.63) is 99.6 Å². The van der Waals surface area contributed by atoms with E-state index in [1.54, 1.807) is 43.3 Å². The molecule has 244 valence electrons. The second-order valence-corrected chi connectivity index (χ2v) is 12.5. The van der Waals surface area contributed by atoms with Crippen LogP contribution in [0.1, 0.15) is 54.2 Å². The first-order valence-corrected chi connectivity index (χ1v) is 15.9. The molecule has 3 aromatic rings. The fourth-order valence-electron chi connectivity index (χ4n) is 4.56. The van der Waals surface area contributed by atoms with Gasteiger partial charge in [0.1, 0.15) is 33.7 Å². The topological polar surface area (TPSA) is 171 Å². The van der Waals surface area contributed by atoms with Crippen molar-refractivity contribution < 1.29 is 42.9 Å². The number of carboxylic acid groups (broad SMARTS) is 1. The lowest BCUT2D eigenvalue weighted by Crippen LogP contribution is -2.49. The zero-order chi connectivity index (χ0) is 34.2. The summed E-state index contributed by atoms with van der Waals surface area (Å²) in [5.74, 6) is -2.54. The molecule has 3 rings (SSSR count). The Morgan fingerprint density at radius 2 is 1.74 bits per heavy atom. The summed E-state index contributed by atoms with van der Waals surface area (Å²) in [6.07, 6.45) is 2.88. The molecule has 1 atom stereocenters. The third-order valence-electron chi connectivity index (χ3n) is 6.94. The van der Waals surface area contributed by atoms with Gasteiger partial charge in [0.15, 0.2) is 5.78 Å². The maximum Gasteiger partial charge on any atom is 0.408 e. The minimum Gasteiger partial charge on any atom is -0.507 e. The largest absolute Gasteiger partial charge is 0.507 e. The second-order valence-electron chi connectivity index (χ2n) is 10.5. The summed E-state index contributed by atoms with van der Waals surface area (Å²) in [7, 11) is -3.32. The van der Waals surface area contributed by atoms with Crippen LogP contribution in [0.4, 0.5) is 4.79 Å². The van der Waals surface area contributed by atoms with Crippen LogP contribution in [0.15, 0.2) is 77.2 Å². The lowest BCUT2D eigenvalue weighted by atomic mass is 9.99. The number of methoxy groups -OCH3 is 1. The van der Waals surface area contributed by atoms with Crippen LogP contribution >= 0.6 is 11.6 Å². The number of sulfonamides is 1. The van der Waals surface area contributed by atoms with E-state index in [0.29, 0.717) is 5.56 Å². The van der Waals surface area contributed by atoms with Gasteiger partial charge in [0.2, 0.25) is 0 Å². The zero-order valence-corrected chi connectivity index (χ0v) is 27.2. The van der Waals surface area contributed by atoms with E-state index in [1.807, 2.05) is 18.6 Å². The van der Waals surface area contributed by atoms with E-state index in [1.165, 1.54) is 31.4 Å². The number of aromatic hydroxyl groups is 2. The SMILES string of the molecule is CCC(C(=O)NS(=O)(=O)c1cc(C=CC(=O)c2c(OC)cc(O)c(CC=C(C)C)c2O)ccc1Cl)N(Cc1ccccc1)C(=O)O. The van der Waals surface area contributed by atoms with Crippen molar-refractivity contribution in [1.29, 1.82) is 0 Å². The molecule has 11 nitrogen and oxygen atoms in total. The van der Waals surface area contributed by atoms with Crippen LogP contribution in [-0.4, -0.2) is 59.6 Å². The van der Waals surface area contributed by atoms with Crippen LogP contribution in [0.3, 0.4) is 0 Å². The second kappa shape index (κ2) is 15.5. The van der Waals surface area contributed by atoms with E-state index in [-0.39, 0.29) is 52.6 Å². The fourth-order valence-corrected chi connectivity index (χ4v) is 6.11. The van der Waals surface area contributed by atoms with E-state index >= 15 is 0 Å². The summed E-state index contributed by atoms with van der Waals surface area (Å²) < 4.78 is 33.7. The average Bonchev–Trinajstić information content (AvgIpc) is 2.99. The molecule has 0 heterocycles. The van der Waals surface area contributed by atoms with Gasteiger partial charge in [-0.1, -0.05) is 72.6 Å². The van der Waals surface area contributed by atoms with E-state index in [9.17, 15) is 38.1 Å². The van der Waals surface area contributed by atoms with Crippen molar-refractivity contribution >= 4 is 45.5 Å². The number of phenolic OH excluding ortho intramolecular Hbond substituents is 2. The molecule has 46 heavy (non-hydrogen) atoms. The Morgan fingerprint density at radius 3 is 2.33 bits per heavy atom. The molecule has 13 heteroatoms. The van der Waals surface area contributed by atoms with Crippen molar-refractivity contribution in [2.24, 2.45) is 0 Å². The highest BCUT2D eigenvalue weighted by Gasteiger charge is 2.32. The first kappa shape index (κ1) is 35.7. The van der Waals surface area contributed by atoms with Gasteiger partial charge in [-0.3, -0.25) is 14.5 Å². The van der Waals surface area contributed by atoms with Gasteiger partial charge in [0, 0.05) is 18.2 Å². The molecule has 0 aliphatic heterocycles. The number of amides is 2. The van der Waals surface area contributed by atoms with Crippen LogP contribution in [0.25, 0.3) is 6.08 Å². The molecule has 0 spiro atoms. The van der Waals surface area contributed by atoms with Crippen LogP contribution in [0.5, 0.6) is 17.2 Å². The first-order valence-electron chi connectivity index (χ1n) is 14.1. The minimum atomic E-state index is -4.59. The van der Waals surface area contributed by atoms with Crippen molar-refractivity contribution in [1.82, 2.24) is 9.62 Å². The van der Waals surface area contributed by atoms with Crippen molar-refractivity contribution in [2.75, 3.05) is 7.11 Å². The van der Waals surface area contributed by atoms with Crippen LogP contribution in [0.2, 0.25) is 5.02 Å². The standard InChI is InChI=1S/C33H35ClN2O9S/c1-5-25(36(33(41)42)19-22-9-7-6-8-10-22)32(40)35-46(43,44)29-17-21(12-15-24(29)34)13-16-26(37)30-28(45-4)18-27(38)23(31(30)39)14-11-20(2)3/h6-13,15-18,25,38-39H,5,14,19H2,1-4H3,(H,35,40)(H,41,42). The van der Waals surface area contributed by atoms with Gasteiger partial charge in [-0.25, -0.2) is 17.9 Å². The highest BCUT2D eigenvalue weighted by atomic mass is 35.5. The van der Waals surface area contributed by atoms with E-state index in [4.69, 9.17) is 16.3 Å². The number of hydrogen-bond donors (Lipinski definition) is 4. The van der Waals surface area contributed by atoms with E-state index in [0.717, 1.165) is 22.6 Å². The van der Waals surface area contributed by atoms with E-state index in [2.05, 4.69) is 0 Å². The smallest absolute Gasteiger partial charge is 0.408 e. The molecule has 0 saturated carbocycles. The summed E-state index contributed by atoms with van der Waals surface area (Å²) in [6, 6.07) is 12.3. The molecule has 0 bridgehead atoms. The quantitative estimate of drug-likeness (QED) is 0.0978. The van der Waals surface area contributed by atoms with Gasteiger partial charge in [-0.2, -0.15) is 0 Å². The molecule has 2 amide bonds. The monoisotopic (exact) mass is 670 g/mol. The number of hydrogen-bond acceptors (Lipinski definition) is 8. The van der Waals surface area contributed by atoms with E-state index < -0.39 is 44.5 Å². The van der Waals surface area contributed by atoms with Gasteiger partial charge in [0.05, 0.1) is 12.1 Å². The lowest BCUT2D eigenvalue weighted by Gasteiger charge is -2.27. The molecule has 0 radical (unpaired) electrons. The highest BCUT2D eigenvalue weighted by Crippen LogP contribution is 2.39. The number of ether oxygens (including phenoxy) is 1. The lowest BCUT2D eigenvalue weighted by molar-refractivity contribution is -0.124. The molecular formula is C33H35ClN2O9S. The first-order chi connectivity index (χ1) is 21.7. The fraction of sp³-hybridized carbons (Fsp3) is 0.242. The Hall–Kier alpha value is -4.81. The molecule has 0 aromatic heterocycles. The molecule has 4 N–H and O–H groups in total.